The predicted octanol–water partition coefficient (Wildman–Crippen LogP) is 2.79. The van der Waals surface area contributed by atoms with Gasteiger partial charge in [0, 0.05) is 11.7 Å². The molecule has 1 aromatic carbocycles. The summed E-state index contributed by atoms with van der Waals surface area (Å²) in [5.74, 6) is 0.182. The summed E-state index contributed by atoms with van der Waals surface area (Å²) < 4.78 is 12.7. The van der Waals surface area contributed by atoms with Crippen LogP contribution in [-0.4, -0.2) is 18.5 Å². The molecule has 0 bridgehead atoms. The fourth-order valence-corrected chi connectivity index (χ4v) is 1.80. The Hall–Kier alpha value is -1.42. The van der Waals surface area contributed by atoms with Gasteiger partial charge in [0.1, 0.15) is 5.82 Å². The minimum absolute atomic E-state index is 0.114. The third kappa shape index (κ3) is 5.77. The maximum Gasteiger partial charge on any atom is 0.238 e. The molecule has 0 radical (unpaired) electrons. The number of nitrogens with one attached hydrogen (secondary N) is 2. The molecule has 0 aliphatic carbocycles. The smallest absolute Gasteiger partial charge is 0.238 e. The van der Waals surface area contributed by atoms with E-state index in [9.17, 15) is 9.18 Å². The molecule has 0 aliphatic heterocycles. The largest absolute Gasteiger partial charge is 0.325 e. The Labute approximate surface area is 108 Å². The first kappa shape index (κ1) is 14.6. The van der Waals surface area contributed by atoms with Crippen LogP contribution >= 0.6 is 0 Å². The minimum atomic E-state index is -0.309. The van der Waals surface area contributed by atoms with Crippen LogP contribution in [0.2, 0.25) is 0 Å². The Kier molecular flexibility index (Phi) is 5.78. The van der Waals surface area contributed by atoms with E-state index in [-0.39, 0.29) is 18.3 Å². The number of carbonyl (C=O) groups is 1. The Morgan fingerprint density at radius 3 is 2.39 bits per heavy atom. The van der Waals surface area contributed by atoms with Gasteiger partial charge in [-0.2, -0.15) is 0 Å². The van der Waals surface area contributed by atoms with Crippen LogP contribution in [-0.2, 0) is 4.79 Å². The summed E-state index contributed by atoms with van der Waals surface area (Å²) in [5, 5.41) is 5.87. The summed E-state index contributed by atoms with van der Waals surface area (Å²) in [5.41, 5.74) is 0.611. The second-order valence-corrected chi connectivity index (χ2v) is 4.97. The third-order valence-electron chi connectivity index (χ3n) is 2.56. The van der Waals surface area contributed by atoms with Crippen LogP contribution in [0.4, 0.5) is 10.1 Å². The average molecular weight is 252 g/mol. The highest BCUT2D eigenvalue weighted by Gasteiger charge is 2.07. The number of halogens is 1. The van der Waals surface area contributed by atoms with Gasteiger partial charge in [0.25, 0.3) is 0 Å². The van der Waals surface area contributed by atoms with Crippen molar-refractivity contribution in [3.63, 3.8) is 0 Å². The Bertz CT molecular complexity index is 376. The molecular weight excluding hydrogens is 231 g/mol. The molecule has 0 spiro atoms. The number of amides is 1. The summed E-state index contributed by atoms with van der Waals surface area (Å²) in [7, 11) is 0. The highest BCUT2D eigenvalue weighted by molar-refractivity contribution is 5.92. The average Bonchev–Trinajstić information content (AvgIpc) is 2.29. The lowest BCUT2D eigenvalue weighted by atomic mass is 10.1. The molecule has 1 aromatic rings. The van der Waals surface area contributed by atoms with E-state index in [0.717, 1.165) is 6.42 Å². The first-order chi connectivity index (χ1) is 8.47. The van der Waals surface area contributed by atoms with Crippen LogP contribution in [0.15, 0.2) is 24.3 Å². The molecule has 1 amide bonds. The van der Waals surface area contributed by atoms with Crippen molar-refractivity contribution in [3.05, 3.63) is 30.1 Å². The predicted molar refractivity (Wildman–Crippen MR) is 71.9 cm³/mol. The molecule has 0 aliphatic rings. The van der Waals surface area contributed by atoms with Gasteiger partial charge in [0.05, 0.1) is 6.54 Å². The van der Waals surface area contributed by atoms with E-state index >= 15 is 0 Å². The molecule has 1 unspecified atom stereocenters. The molecule has 2 N–H and O–H groups in total. The molecule has 3 nitrogen and oxygen atoms in total. The zero-order chi connectivity index (χ0) is 13.5. The quantitative estimate of drug-likeness (QED) is 0.817. The van der Waals surface area contributed by atoms with Crippen LogP contribution in [0.5, 0.6) is 0 Å². The molecule has 4 heteroatoms. The molecule has 1 atom stereocenters. The topological polar surface area (TPSA) is 41.1 Å². The van der Waals surface area contributed by atoms with E-state index < -0.39 is 0 Å². The van der Waals surface area contributed by atoms with Crippen molar-refractivity contribution in [3.8, 4) is 0 Å². The lowest BCUT2D eigenvalue weighted by Gasteiger charge is -2.15. The van der Waals surface area contributed by atoms with Gasteiger partial charge in [-0.05, 0) is 43.5 Å². The van der Waals surface area contributed by atoms with Gasteiger partial charge in [-0.3, -0.25) is 4.79 Å². The first-order valence-electron chi connectivity index (χ1n) is 6.26. The minimum Gasteiger partial charge on any atom is -0.325 e. The number of carbonyl (C=O) groups excluding carboxylic acids is 1. The van der Waals surface area contributed by atoms with Crippen LogP contribution in [0.3, 0.4) is 0 Å². The summed E-state index contributed by atoms with van der Waals surface area (Å²) in [6.45, 7) is 6.63. The molecule has 0 aromatic heterocycles. The van der Waals surface area contributed by atoms with Crippen molar-refractivity contribution < 1.29 is 9.18 Å². The van der Waals surface area contributed by atoms with Crippen LogP contribution in [0.25, 0.3) is 0 Å². The van der Waals surface area contributed by atoms with E-state index in [1.165, 1.54) is 12.1 Å². The van der Waals surface area contributed by atoms with Gasteiger partial charge in [-0.25, -0.2) is 4.39 Å². The fraction of sp³-hybridized carbons (Fsp3) is 0.500. The standard InChI is InChI=1S/C14H21FN2O/c1-10(2)8-11(3)16-9-14(18)17-13-6-4-12(15)5-7-13/h4-7,10-11,16H,8-9H2,1-3H3,(H,17,18). The monoisotopic (exact) mass is 252 g/mol. The van der Waals surface area contributed by atoms with Crippen molar-refractivity contribution in [2.45, 2.75) is 33.2 Å². The second kappa shape index (κ2) is 7.11. The van der Waals surface area contributed by atoms with Crippen molar-refractivity contribution in [1.29, 1.82) is 0 Å². The SMILES string of the molecule is CC(C)CC(C)NCC(=O)Nc1ccc(F)cc1. The zero-order valence-electron chi connectivity index (χ0n) is 11.2. The molecule has 0 fully saturated rings. The maximum atomic E-state index is 12.7. The highest BCUT2D eigenvalue weighted by Crippen LogP contribution is 2.08. The number of anilines is 1. The summed E-state index contributed by atoms with van der Waals surface area (Å²) in [6.07, 6.45) is 1.03. The second-order valence-electron chi connectivity index (χ2n) is 4.97. The third-order valence-corrected chi connectivity index (χ3v) is 2.56. The van der Waals surface area contributed by atoms with Crippen LogP contribution < -0.4 is 10.6 Å². The molecule has 100 valence electrons. The molecule has 0 saturated carbocycles. The van der Waals surface area contributed by atoms with Gasteiger partial charge in [0.2, 0.25) is 5.91 Å². The normalized spacial score (nSPS) is 12.5. The number of benzene rings is 1. The Morgan fingerprint density at radius 1 is 1.22 bits per heavy atom. The lowest BCUT2D eigenvalue weighted by Crippen LogP contribution is -2.35. The lowest BCUT2D eigenvalue weighted by molar-refractivity contribution is -0.115. The van der Waals surface area contributed by atoms with Gasteiger partial charge < -0.3 is 10.6 Å². The van der Waals surface area contributed by atoms with Crippen molar-refractivity contribution in [2.75, 3.05) is 11.9 Å². The number of hydrogen-bond acceptors (Lipinski definition) is 2. The van der Waals surface area contributed by atoms with E-state index in [2.05, 4.69) is 31.4 Å². The van der Waals surface area contributed by atoms with E-state index in [1.807, 2.05) is 0 Å². The fourth-order valence-electron chi connectivity index (χ4n) is 1.80. The van der Waals surface area contributed by atoms with Crippen molar-refractivity contribution >= 4 is 11.6 Å². The van der Waals surface area contributed by atoms with E-state index in [4.69, 9.17) is 0 Å². The molecule has 18 heavy (non-hydrogen) atoms. The van der Waals surface area contributed by atoms with Gasteiger partial charge in [0.15, 0.2) is 0 Å². The number of rotatable bonds is 6. The van der Waals surface area contributed by atoms with Crippen LogP contribution in [0.1, 0.15) is 27.2 Å². The van der Waals surface area contributed by atoms with Crippen LogP contribution in [0, 0.1) is 11.7 Å². The summed E-state index contributed by atoms with van der Waals surface area (Å²) in [4.78, 5) is 11.6. The van der Waals surface area contributed by atoms with Crippen molar-refractivity contribution in [1.82, 2.24) is 5.32 Å². The van der Waals surface area contributed by atoms with Gasteiger partial charge in [-0.15, -0.1) is 0 Å². The maximum absolute atomic E-state index is 12.7. The Balaban J connectivity index is 2.31. The molecule has 0 heterocycles. The Morgan fingerprint density at radius 2 is 1.83 bits per heavy atom. The van der Waals surface area contributed by atoms with E-state index in [1.54, 1.807) is 12.1 Å². The van der Waals surface area contributed by atoms with Gasteiger partial charge >= 0.3 is 0 Å². The van der Waals surface area contributed by atoms with Gasteiger partial charge in [-0.1, -0.05) is 13.8 Å². The molecule has 0 saturated heterocycles. The first-order valence-corrected chi connectivity index (χ1v) is 6.26. The highest BCUT2D eigenvalue weighted by atomic mass is 19.1. The van der Waals surface area contributed by atoms with E-state index in [0.29, 0.717) is 17.6 Å². The molecular formula is C14H21FN2O. The molecule has 1 rings (SSSR count). The summed E-state index contributed by atoms with van der Waals surface area (Å²) >= 11 is 0. The number of hydrogen-bond donors (Lipinski definition) is 2. The zero-order valence-corrected chi connectivity index (χ0v) is 11.2. The van der Waals surface area contributed by atoms with Crippen molar-refractivity contribution in [2.24, 2.45) is 5.92 Å². The summed E-state index contributed by atoms with van der Waals surface area (Å²) in [6, 6.07) is 6.05.